The van der Waals surface area contributed by atoms with Gasteiger partial charge in [-0.05, 0) is 37.0 Å². The summed E-state index contributed by atoms with van der Waals surface area (Å²) in [7, 11) is 0. The fourth-order valence-corrected chi connectivity index (χ4v) is 3.52. The molecule has 0 aliphatic carbocycles. The number of rotatable bonds is 9. The van der Waals surface area contributed by atoms with Gasteiger partial charge in [0.25, 0.3) is 0 Å². The van der Waals surface area contributed by atoms with Crippen LogP contribution < -0.4 is 10.6 Å². The van der Waals surface area contributed by atoms with Crippen molar-refractivity contribution in [2.24, 2.45) is 0 Å². The maximum absolute atomic E-state index is 12.2. The molecule has 0 saturated carbocycles. The molecule has 154 valence electrons. The van der Waals surface area contributed by atoms with E-state index in [1.165, 1.54) is 0 Å². The predicted molar refractivity (Wildman–Crippen MR) is 107 cm³/mol. The van der Waals surface area contributed by atoms with Crippen LogP contribution in [0.1, 0.15) is 37.7 Å². The SMILES string of the molecule is O=C(CCC1CCCO1)NCc1cccc(NC(=O)CCN2CCOCC2)c1. The first-order valence-corrected chi connectivity index (χ1v) is 10.3. The minimum atomic E-state index is 0.00393. The molecule has 0 aromatic heterocycles. The van der Waals surface area contributed by atoms with Gasteiger partial charge in [-0.15, -0.1) is 0 Å². The van der Waals surface area contributed by atoms with Gasteiger partial charge in [0.05, 0.1) is 19.3 Å². The fourth-order valence-electron chi connectivity index (χ4n) is 3.52. The van der Waals surface area contributed by atoms with Gasteiger partial charge in [-0.25, -0.2) is 0 Å². The molecule has 1 aromatic carbocycles. The largest absolute Gasteiger partial charge is 0.379 e. The van der Waals surface area contributed by atoms with Crippen molar-refractivity contribution in [2.45, 2.75) is 44.8 Å². The van der Waals surface area contributed by atoms with E-state index in [4.69, 9.17) is 9.47 Å². The van der Waals surface area contributed by atoms with Crippen LogP contribution in [0.3, 0.4) is 0 Å². The lowest BCUT2D eigenvalue weighted by atomic mass is 10.1. The second-order valence-electron chi connectivity index (χ2n) is 7.40. The van der Waals surface area contributed by atoms with Crippen LogP contribution >= 0.6 is 0 Å². The lowest BCUT2D eigenvalue weighted by Gasteiger charge is -2.26. The molecule has 2 aliphatic heterocycles. The Labute approximate surface area is 166 Å². The molecule has 1 unspecified atom stereocenters. The first-order chi connectivity index (χ1) is 13.7. The summed E-state index contributed by atoms with van der Waals surface area (Å²) in [6, 6.07) is 7.62. The van der Waals surface area contributed by atoms with Crippen molar-refractivity contribution in [1.29, 1.82) is 0 Å². The summed E-state index contributed by atoms with van der Waals surface area (Å²) in [5.41, 5.74) is 1.73. The predicted octanol–water partition coefficient (Wildman–Crippen LogP) is 1.92. The second kappa shape index (κ2) is 11.1. The van der Waals surface area contributed by atoms with E-state index in [2.05, 4.69) is 15.5 Å². The molecule has 0 spiro atoms. The zero-order chi connectivity index (χ0) is 19.6. The number of nitrogens with one attached hydrogen (secondary N) is 2. The minimum absolute atomic E-state index is 0.00393. The van der Waals surface area contributed by atoms with E-state index in [0.29, 0.717) is 19.4 Å². The number of morpholine rings is 1. The number of amides is 2. The van der Waals surface area contributed by atoms with Crippen molar-refractivity contribution in [3.63, 3.8) is 0 Å². The quantitative estimate of drug-likeness (QED) is 0.675. The van der Waals surface area contributed by atoms with Crippen LogP contribution in [0, 0.1) is 0 Å². The Morgan fingerprint density at radius 3 is 2.75 bits per heavy atom. The van der Waals surface area contributed by atoms with Crippen molar-refractivity contribution in [1.82, 2.24) is 10.2 Å². The molecule has 1 aromatic rings. The highest BCUT2D eigenvalue weighted by Gasteiger charge is 2.16. The molecular formula is C21H31N3O4. The van der Waals surface area contributed by atoms with Crippen LogP contribution in [0.2, 0.25) is 0 Å². The lowest BCUT2D eigenvalue weighted by molar-refractivity contribution is -0.122. The Kier molecular flexibility index (Phi) is 8.26. The monoisotopic (exact) mass is 389 g/mol. The summed E-state index contributed by atoms with van der Waals surface area (Å²) in [4.78, 5) is 26.5. The van der Waals surface area contributed by atoms with E-state index in [-0.39, 0.29) is 17.9 Å². The summed E-state index contributed by atoms with van der Waals surface area (Å²) < 4.78 is 10.9. The van der Waals surface area contributed by atoms with Crippen molar-refractivity contribution in [3.8, 4) is 0 Å². The van der Waals surface area contributed by atoms with E-state index in [1.807, 2.05) is 24.3 Å². The van der Waals surface area contributed by atoms with Gasteiger partial charge >= 0.3 is 0 Å². The maximum atomic E-state index is 12.2. The van der Waals surface area contributed by atoms with E-state index < -0.39 is 0 Å². The van der Waals surface area contributed by atoms with Gasteiger partial charge in [0.1, 0.15) is 0 Å². The molecule has 1 atom stereocenters. The summed E-state index contributed by atoms with van der Waals surface area (Å²) in [5, 5.41) is 5.89. The number of carbonyl (C=O) groups is 2. The van der Waals surface area contributed by atoms with E-state index in [1.54, 1.807) is 0 Å². The van der Waals surface area contributed by atoms with Crippen LogP contribution in [0.5, 0.6) is 0 Å². The third kappa shape index (κ3) is 7.22. The van der Waals surface area contributed by atoms with Crippen molar-refractivity contribution in [3.05, 3.63) is 29.8 Å². The third-order valence-electron chi connectivity index (χ3n) is 5.18. The highest BCUT2D eigenvalue weighted by Crippen LogP contribution is 2.17. The highest BCUT2D eigenvalue weighted by molar-refractivity contribution is 5.90. The van der Waals surface area contributed by atoms with Gasteiger partial charge in [-0.2, -0.15) is 0 Å². The molecule has 2 fully saturated rings. The molecule has 2 amide bonds. The van der Waals surface area contributed by atoms with E-state index in [0.717, 1.165) is 70.0 Å². The van der Waals surface area contributed by atoms with Crippen LogP contribution in [0.4, 0.5) is 5.69 Å². The summed E-state index contributed by atoms with van der Waals surface area (Å²) in [5.74, 6) is 0.0414. The molecule has 7 heteroatoms. The van der Waals surface area contributed by atoms with Gasteiger partial charge in [-0.3, -0.25) is 14.5 Å². The Morgan fingerprint density at radius 1 is 1.11 bits per heavy atom. The molecule has 7 nitrogen and oxygen atoms in total. The number of ether oxygens (including phenoxy) is 2. The summed E-state index contributed by atoms with van der Waals surface area (Å²) in [6.45, 7) is 5.27. The van der Waals surface area contributed by atoms with Gasteiger partial charge < -0.3 is 20.1 Å². The number of nitrogens with zero attached hydrogens (tertiary/aromatic N) is 1. The van der Waals surface area contributed by atoms with Crippen molar-refractivity contribution >= 4 is 17.5 Å². The van der Waals surface area contributed by atoms with Crippen LogP contribution in [-0.4, -0.2) is 62.3 Å². The number of hydrogen-bond acceptors (Lipinski definition) is 5. The van der Waals surface area contributed by atoms with Crippen LogP contribution in [0.25, 0.3) is 0 Å². The Morgan fingerprint density at radius 2 is 1.96 bits per heavy atom. The smallest absolute Gasteiger partial charge is 0.225 e. The van der Waals surface area contributed by atoms with E-state index in [9.17, 15) is 9.59 Å². The summed E-state index contributed by atoms with van der Waals surface area (Å²) in [6.07, 6.45) is 4.12. The number of hydrogen-bond donors (Lipinski definition) is 2. The Hall–Kier alpha value is -1.96. The molecule has 2 aliphatic rings. The number of carbonyl (C=O) groups excluding carboxylic acids is 2. The zero-order valence-corrected chi connectivity index (χ0v) is 16.5. The van der Waals surface area contributed by atoms with Gasteiger partial charge in [-0.1, -0.05) is 12.1 Å². The van der Waals surface area contributed by atoms with Crippen molar-refractivity contribution in [2.75, 3.05) is 44.8 Å². The third-order valence-corrected chi connectivity index (χ3v) is 5.18. The number of benzene rings is 1. The second-order valence-corrected chi connectivity index (χ2v) is 7.40. The minimum Gasteiger partial charge on any atom is -0.379 e. The molecule has 28 heavy (non-hydrogen) atoms. The van der Waals surface area contributed by atoms with Crippen molar-refractivity contribution < 1.29 is 19.1 Å². The molecule has 2 heterocycles. The average Bonchev–Trinajstić information content (AvgIpc) is 3.24. The normalized spacial score (nSPS) is 20.1. The molecule has 2 N–H and O–H groups in total. The Bertz CT molecular complexity index is 640. The van der Waals surface area contributed by atoms with Gasteiger partial charge in [0.2, 0.25) is 11.8 Å². The molecule has 0 radical (unpaired) electrons. The highest BCUT2D eigenvalue weighted by atomic mass is 16.5. The first kappa shape index (κ1) is 20.8. The zero-order valence-electron chi connectivity index (χ0n) is 16.5. The van der Waals surface area contributed by atoms with Gasteiger partial charge in [0, 0.05) is 51.3 Å². The number of anilines is 1. The summed E-state index contributed by atoms with van der Waals surface area (Å²) >= 11 is 0. The standard InChI is InChI=1S/C21H31N3O4/c25-20(7-6-19-5-2-12-28-19)22-16-17-3-1-4-18(15-17)23-21(26)8-9-24-10-13-27-14-11-24/h1,3-4,15,19H,2,5-14,16H2,(H,22,25)(H,23,26). The van der Waals surface area contributed by atoms with E-state index >= 15 is 0 Å². The molecule has 0 bridgehead atoms. The lowest BCUT2D eigenvalue weighted by Crippen LogP contribution is -2.38. The first-order valence-electron chi connectivity index (χ1n) is 10.3. The average molecular weight is 389 g/mol. The molecule has 2 saturated heterocycles. The van der Waals surface area contributed by atoms with Gasteiger partial charge in [0.15, 0.2) is 0 Å². The maximum Gasteiger partial charge on any atom is 0.225 e. The fraction of sp³-hybridized carbons (Fsp3) is 0.619. The van der Waals surface area contributed by atoms with Crippen LogP contribution in [-0.2, 0) is 25.6 Å². The topological polar surface area (TPSA) is 79.9 Å². The molecular weight excluding hydrogens is 358 g/mol. The Balaban J connectivity index is 1.36. The van der Waals surface area contributed by atoms with Crippen LogP contribution in [0.15, 0.2) is 24.3 Å². The molecule has 3 rings (SSSR count).